The highest BCUT2D eigenvalue weighted by atomic mass is 16.7. The maximum Gasteiger partial charge on any atom is 0.334 e. The zero-order valence-electron chi connectivity index (χ0n) is 6.47. The molecule has 0 atom stereocenters. The van der Waals surface area contributed by atoms with Gasteiger partial charge in [-0.25, -0.2) is 4.79 Å². The molecule has 0 saturated heterocycles. The Balaban J connectivity index is 2.68. The lowest BCUT2D eigenvalue weighted by atomic mass is 10.5. The number of tetrazole rings is 1. The fourth-order valence-electron chi connectivity index (χ4n) is 0.522. The molecular formula is C5H8N4O3. The molecule has 0 fully saturated rings. The monoisotopic (exact) mass is 172 g/mol. The fraction of sp³-hybridized carbons (Fsp3) is 0.600. The largest absolute Gasteiger partial charge is 0.388 e. The van der Waals surface area contributed by atoms with E-state index in [0.717, 1.165) is 4.85 Å². The van der Waals surface area contributed by atoms with Crippen LogP contribution in [0.1, 0.15) is 19.2 Å². The van der Waals surface area contributed by atoms with E-state index in [4.69, 9.17) is 5.11 Å². The summed E-state index contributed by atoms with van der Waals surface area (Å²) in [5.41, 5.74) is 0. The molecule has 0 radical (unpaired) electrons. The quantitative estimate of drug-likeness (QED) is 0.560. The Morgan fingerprint density at radius 3 is 3.08 bits per heavy atom. The van der Waals surface area contributed by atoms with Crippen molar-refractivity contribution in [2.75, 3.05) is 0 Å². The highest BCUT2D eigenvalue weighted by Gasteiger charge is 2.08. The second-order valence-corrected chi connectivity index (χ2v) is 1.94. The van der Waals surface area contributed by atoms with Crippen molar-refractivity contribution >= 4 is 5.97 Å². The number of hydrogen-bond donors (Lipinski definition) is 1. The van der Waals surface area contributed by atoms with E-state index in [1.54, 1.807) is 6.92 Å². The molecule has 0 spiro atoms. The molecule has 1 heterocycles. The van der Waals surface area contributed by atoms with Gasteiger partial charge in [-0.15, -0.1) is 5.10 Å². The van der Waals surface area contributed by atoms with Crippen LogP contribution in [0.2, 0.25) is 0 Å². The first-order valence-electron chi connectivity index (χ1n) is 3.37. The second kappa shape index (κ2) is 3.77. The van der Waals surface area contributed by atoms with Gasteiger partial charge in [0.1, 0.15) is 6.61 Å². The van der Waals surface area contributed by atoms with E-state index < -0.39 is 5.97 Å². The summed E-state index contributed by atoms with van der Waals surface area (Å²) in [6, 6.07) is 0. The van der Waals surface area contributed by atoms with Crippen LogP contribution in [0.25, 0.3) is 0 Å². The summed E-state index contributed by atoms with van der Waals surface area (Å²) in [5, 5.41) is 18.6. The topological polar surface area (TPSA) is 90.1 Å². The number of rotatable bonds is 3. The molecule has 1 rings (SSSR count). The van der Waals surface area contributed by atoms with E-state index in [-0.39, 0.29) is 18.9 Å². The molecule has 0 aliphatic rings. The minimum absolute atomic E-state index is 0.0943. The summed E-state index contributed by atoms with van der Waals surface area (Å²) in [5.74, 6) is -0.367. The van der Waals surface area contributed by atoms with Gasteiger partial charge in [-0.05, 0) is 10.4 Å². The minimum atomic E-state index is -0.461. The third kappa shape index (κ3) is 1.76. The van der Waals surface area contributed by atoms with E-state index in [1.807, 2.05) is 0 Å². The first-order chi connectivity index (χ1) is 5.77. The van der Waals surface area contributed by atoms with Gasteiger partial charge in [0.2, 0.25) is 5.82 Å². The molecule has 1 aromatic heterocycles. The molecule has 0 amide bonds. The Morgan fingerprint density at radius 2 is 2.50 bits per heavy atom. The van der Waals surface area contributed by atoms with Crippen LogP contribution in [0.3, 0.4) is 0 Å². The van der Waals surface area contributed by atoms with E-state index in [1.165, 1.54) is 0 Å². The zero-order valence-corrected chi connectivity index (χ0v) is 6.47. The van der Waals surface area contributed by atoms with Crippen LogP contribution < -0.4 is 4.84 Å². The van der Waals surface area contributed by atoms with Crippen LogP contribution in [0.4, 0.5) is 0 Å². The van der Waals surface area contributed by atoms with Gasteiger partial charge in [-0.2, -0.15) is 0 Å². The molecule has 66 valence electrons. The van der Waals surface area contributed by atoms with E-state index in [2.05, 4.69) is 20.4 Å². The van der Waals surface area contributed by atoms with Crippen molar-refractivity contribution < 1.29 is 14.7 Å². The first-order valence-corrected chi connectivity index (χ1v) is 3.37. The number of aliphatic hydroxyl groups is 1. The molecule has 0 unspecified atom stereocenters. The fourth-order valence-corrected chi connectivity index (χ4v) is 0.522. The SMILES string of the molecule is CCC(=O)On1nnnc1CO. The predicted octanol–water partition coefficient (Wildman–Crippen LogP) is -1.47. The van der Waals surface area contributed by atoms with Gasteiger partial charge < -0.3 is 9.94 Å². The number of carbonyl (C=O) groups excluding carboxylic acids is 1. The predicted molar refractivity (Wildman–Crippen MR) is 35.6 cm³/mol. The number of aromatic nitrogens is 4. The third-order valence-electron chi connectivity index (χ3n) is 1.12. The molecule has 1 N–H and O–H groups in total. The van der Waals surface area contributed by atoms with E-state index in [9.17, 15) is 4.79 Å². The lowest BCUT2D eigenvalue weighted by Gasteiger charge is -1.99. The van der Waals surface area contributed by atoms with Crippen LogP contribution in [0, 0.1) is 0 Å². The lowest BCUT2D eigenvalue weighted by Crippen LogP contribution is -2.22. The number of hydrogen-bond acceptors (Lipinski definition) is 6. The van der Waals surface area contributed by atoms with Gasteiger partial charge in [0.25, 0.3) is 0 Å². The van der Waals surface area contributed by atoms with Crippen LogP contribution in [0.5, 0.6) is 0 Å². The second-order valence-electron chi connectivity index (χ2n) is 1.94. The van der Waals surface area contributed by atoms with Crippen molar-refractivity contribution in [2.24, 2.45) is 0 Å². The average Bonchev–Trinajstić information content (AvgIpc) is 2.51. The number of carbonyl (C=O) groups is 1. The van der Waals surface area contributed by atoms with Crippen LogP contribution in [0.15, 0.2) is 0 Å². The van der Waals surface area contributed by atoms with Crippen LogP contribution in [-0.4, -0.2) is 31.4 Å². The Bertz CT molecular complexity index is 271. The Hall–Kier alpha value is -1.50. The van der Waals surface area contributed by atoms with Crippen molar-refractivity contribution in [3.63, 3.8) is 0 Å². The summed E-state index contributed by atoms with van der Waals surface area (Å²) < 4.78 is 0. The van der Waals surface area contributed by atoms with Gasteiger partial charge in [-0.3, -0.25) is 0 Å². The van der Waals surface area contributed by atoms with Crippen molar-refractivity contribution in [3.8, 4) is 0 Å². The van der Waals surface area contributed by atoms with E-state index >= 15 is 0 Å². The van der Waals surface area contributed by atoms with Gasteiger partial charge >= 0.3 is 5.97 Å². The average molecular weight is 172 g/mol. The van der Waals surface area contributed by atoms with Crippen LogP contribution in [-0.2, 0) is 11.4 Å². The molecule has 7 nitrogen and oxygen atoms in total. The van der Waals surface area contributed by atoms with E-state index in [0.29, 0.717) is 0 Å². The summed E-state index contributed by atoms with van der Waals surface area (Å²) in [6.07, 6.45) is 0.227. The van der Waals surface area contributed by atoms with Gasteiger partial charge in [0.05, 0.1) is 0 Å². The highest BCUT2D eigenvalue weighted by Crippen LogP contribution is 1.88. The van der Waals surface area contributed by atoms with Crippen molar-refractivity contribution in [3.05, 3.63) is 5.82 Å². The minimum Gasteiger partial charge on any atom is -0.388 e. The van der Waals surface area contributed by atoms with Gasteiger partial charge in [0, 0.05) is 6.42 Å². The molecular weight excluding hydrogens is 164 g/mol. The normalized spacial score (nSPS) is 9.83. The smallest absolute Gasteiger partial charge is 0.334 e. The summed E-state index contributed by atoms with van der Waals surface area (Å²) in [6.45, 7) is 1.27. The summed E-state index contributed by atoms with van der Waals surface area (Å²) in [7, 11) is 0. The molecule has 1 aromatic rings. The summed E-state index contributed by atoms with van der Waals surface area (Å²) in [4.78, 5) is 16.1. The Kier molecular flexibility index (Phi) is 2.70. The standard InChI is InChI=1S/C5H8N4O3/c1-2-5(11)12-9-4(3-10)6-7-8-9/h10H,2-3H2,1H3. The van der Waals surface area contributed by atoms with Gasteiger partial charge in [-0.1, -0.05) is 11.8 Å². The third-order valence-corrected chi connectivity index (χ3v) is 1.12. The lowest BCUT2D eigenvalue weighted by molar-refractivity contribution is -0.146. The molecule has 0 saturated carbocycles. The van der Waals surface area contributed by atoms with Crippen LogP contribution >= 0.6 is 0 Å². The maximum atomic E-state index is 10.7. The molecule has 0 bridgehead atoms. The maximum absolute atomic E-state index is 10.7. The van der Waals surface area contributed by atoms with Gasteiger partial charge in [0.15, 0.2) is 0 Å². The molecule has 0 aliphatic carbocycles. The Labute approximate surface area is 67.9 Å². The molecule has 0 aromatic carbocycles. The highest BCUT2D eigenvalue weighted by molar-refractivity contribution is 5.69. The first kappa shape index (κ1) is 8.60. The summed E-state index contributed by atoms with van der Waals surface area (Å²) >= 11 is 0. The molecule has 0 aliphatic heterocycles. The Morgan fingerprint density at radius 1 is 1.75 bits per heavy atom. The van der Waals surface area contributed by atoms with Crippen molar-refractivity contribution in [1.29, 1.82) is 0 Å². The van der Waals surface area contributed by atoms with Crippen molar-refractivity contribution in [2.45, 2.75) is 20.0 Å². The molecule has 7 heteroatoms. The molecule has 12 heavy (non-hydrogen) atoms. The number of aliphatic hydroxyl groups excluding tert-OH is 1. The number of nitrogens with zero attached hydrogens (tertiary/aromatic N) is 4. The van der Waals surface area contributed by atoms with Crippen molar-refractivity contribution in [1.82, 2.24) is 20.4 Å². The zero-order chi connectivity index (χ0) is 8.97.